The summed E-state index contributed by atoms with van der Waals surface area (Å²) < 4.78 is 10.1. The largest absolute Gasteiger partial charge is 0.462 e. The molecular weight excluding hydrogens is 280 g/mol. The highest BCUT2D eigenvalue weighted by molar-refractivity contribution is 6.30. The lowest BCUT2D eigenvalue weighted by Crippen LogP contribution is -2.34. The van der Waals surface area contributed by atoms with E-state index in [4.69, 9.17) is 21.1 Å². The molecule has 4 nitrogen and oxygen atoms in total. The number of halogens is 1. The number of cyclic esters (lactones) is 1. The fourth-order valence-electron chi connectivity index (χ4n) is 1.83. The van der Waals surface area contributed by atoms with E-state index in [0.717, 1.165) is 5.56 Å². The van der Waals surface area contributed by atoms with Gasteiger partial charge in [0.2, 0.25) is 6.10 Å². The van der Waals surface area contributed by atoms with Gasteiger partial charge >= 0.3 is 11.9 Å². The number of carbonyl (C=O) groups excluding carboxylic acids is 2. The van der Waals surface area contributed by atoms with E-state index in [0.29, 0.717) is 5.02 Å². The van der Waals surface area contributed by atoms with Gasteiger partial charge in [0, 0.05) is 16.5 Å². The zero-order valence-electron chi connectivity index (χ0n) is 11.3. The van der Waals surface area contributed by atoms with Crippen molar-refractivity contribution in [1.29, 1.82) is 0 Å². The SMILES string of the molecule is CC1(C)COC(=O)[C@@H]1OC(=O)/C=C/c1ccc(Cl)cc1. The minimum absolute atomic E-state index is 0.255. The second-order valence-corrected chi connectivity index (χ2v) is 5.73. The first-order chi connectivity index (χ1) is 9.38. The molecule has 1 aliphatic heterocycles. The second kappa shape index (κ2) is 5.67. The highest BCUT2D eigenvalue weighted by Crippen LogP contribution is 2.31. The van der Waals surface area contributed by atoms with E-state index in [1.54, 1.807) is 30.3 Å². The van der Waals surface area contributed by atoms with Crippen LogP contribution in [-0.2, 0) is 19.1 Å². The smallest absolute Gasteiger partial charge is 0.348 e. The topological polar surface area (TPSA) is 52.6 Å². The molecule has 1 heterocycles. The zero-order chi connectivity index (χ0) is 14.8. The van der Waals surface area contributed by atoms with E-state index < -0.39 is 23.5 Å². The van der Waals surface area contributed by atoms with Gasteiger partial charge in [-0.2, -0.15) is 0 Å². The van der Waals surface area contributed by atoms with E-state index in [-0.39, 0.29) is 6.61 Å². The Labute approximate surface area is 122 Å². The molecule has 0 spiro atoms. The number of rotatable bonds is 3. The molecule has 106 valence electrons. The normalized spacial score (nSPS) is 20.9. The molecule has 0 N–H and O–H groups in total. The third-order valence-electron chi connectivity index (χ3n) is 3.03. The number of benzene rings is 1. The molecule has 5 heteroatoms. The molecule has 1 aliphatic rings. The maximum atomic E-state index is 11.7. The summed E-state index contributed by atoms with van der Waals surface area (Å²) in [7, 11) is 0. The van der Waals surface area contributed by atoms with Crippen LogP contribution in [-0.4, -0.2) is 24.6 Å². The lowest BCUT2D eigenvalue weighted by Gasteiger charge is -2.20. The fraction of sp³-hybridized carbons (Fsp3) is 0.333. The van der Waals surface area contributed by atoms with E-state index in [1.165, 1.54) is 6.08 Å². The quantitative estimate of drug-likeness (QED) is 0.635. The van der Waals surface area contributed by atoms with E-state index >= 15 is 0 Å². The van der Waals surface area contributed by atoms with Crippen molar-refractivity contribution in [3.63, 3.8) is 0 Å². The Hall–Kier alpha value is -1.81. The Morgan fingerprint density at radius 2 is 2.05 bits per heavy atom. The molecule has 1 aromatic carbocycles. The molecule has 0 saturated carbocycles. The first-order valence-electron chi connectivity index (χ1n) is 6.19. The van der Waals surface area contributed by atoms with E-state index in [1.807, 2.05) is 13.8 Å². The van der Waals surface area contributed by atoms with Gasteiger partial charge in [-0.15, -0.1) is 0 Å². The highest BCUT2D eigenvalue weighted by atomic mass is 35.5. The van der Waals surface area contributed by atoms with Crippen LogP contribution < -0.4 is 0 Å². The lowest BCUT2D eigenvalue weighted by molar-refractivity contribution is -0.159. The maximum absolute atomic E-state index is 11.7. The van der Waals surface area contributed by atoms with Gasteiger partial charge in [0.15, 0.2) is 0 Å². The van der Waals surface area contributed by atoms with E-state index in [2.05, 4.69) is 0 Å². The third-order valence-corrected chi connectivity index (χ3v) is 3.28. The summed E-state index contributed by atoms with van der Waals surface area (Å²) in [5.74, 6) is -1.07. The summed E-state index contributed by atoms with van der Waals surface area (Å²) in [4.78, 5) is 23.2. The molecule has 0 amide bonds. The van der Waals surface area contributed by atoms with Crippen molar-refractivity contribution in [2.45, 2.75) is 20.0 Å². The Kier molecular flexibility index (Phi) is 4.14. The van der Waals surface area contributed by atoms with Crippen LogP contribution in [0.5, 0.6) is 0 Å². The van der Waals surface area contributed by atoms with Gasteiger partial charge in [-0.05, 0) is 23.8 Å². The standard InChI is InChI=1S/C15H15ClO4/c1-15(2)9-19-14(18)13(15)20-12(17)8-5-10-3-6-11(16)7-4-10/h3-8,13H,9H2,1-2H3/b8-5+/t13-/m0/s1. The van der Waals surface area contributed by atoms with Crippen molar-refractivity contribution in [1.82, 2.24) is 0 Å². The van der Waals surface area contributed by atoms with Crippen molar-refractivity contribution in [2.24, 2.45) is 5.41 Å². The molecular formula is C15H15ClO4. The fourth-order valence-corrected chi connectivity index (χ4v) is 1.95. The Bertz CT molecular complexity index is 545. The predicted molar refractivity (Wildman–Crippen MR) is 75.1 cm³/mol. The van der Waals surface area contributed by atoms with Crippen LogP contribution in [0.4, 0.5) is 0 Å². The summed E-state index contributed by atoms with van der Waals surface area (Å²) >= 11 is 5.77. The van der Waals surface area contributed by atoms with Crippen molar-refractivity contribution in [2.75, 3.05) is 6.61 Å². The highest BCUT2D eigenvalue weighted by Gasteiger charge is 2.46. The molecule has 1 aromatic rings. The van der Waals surface area contributed by atoms with Crippen molar-refractivity contribution >= 4 is 29.6 Å². The summed E-state index contributed by atoms with van der Waals surface area (Å²) in [6.45, 7) is 3.89. The Morgan fingerprint density at radius 3 is 2.60 bits per heavy atom. The molecule has 1 fully saturated rings. The Morgan fingerprint density at radius 1 is 1.40 bits per heavy atom. The third kappa shape index (κ3) is 3.39. The van der Waals surface area contributed by atoms with Crippen molar-refractivity contribution in [3.8, 4) is 0 Å². The van der Waals surface area contributed by atoms with Crippen LogP contribution in [0, 0.1) is 5.41 Å². The summed E-state index contributed by atoms with van der Waals surface area (Å²) in [5, 5.41) is 0.625. The van der Waals surface area contributed by atoms with Crippen LogP contribution >= 0.6 is 11.6 Å². The van der Waals surface area contributed by atoms with Crippen LogP contribution in [0.1, 0.15) is 19.4 Å². The maximum Gasteiger partial charge on any atom is 0.348 e. The first kappa shape index (κ1) is 14.6. The molecule has 0 aromatic heterocycles. The molecule has 1 atom stereocenters. The molecule has 0 unspecified atom stereocenters. The van der Waals surface area contributed by atoms with E-state index in [9.17, 15) is 9.59 Å². The summed E-state index contributed by atoms with van der Waals surface area (Å²) in [5.41, 5.74) is 0.320. The average molecular weight is 295 g/mol. The van der Waals surface area contributed by atoms with Crippen LogP contribution in [0.15, 0.2) is 30.3 Å². The minimum Gasteiger partial charge on any atom is -0.462 e. The number of hydrogen-bond acceptors (Lipinski definition) is 4. The van der Waals surface area contributed by atoms with Gasteiger partial charge in [0.05, 0.1) is 0 Å². The Balaban J connectivity index is 1.99. The predicted octanol–water partition coefficient (Wildman–Crippen LogP) is 2.85. The lowest BCUT2D eigenvalue weighted by atomic mass is 9.90. The molecule has 20 heavy (non-hydrogen) atoms. The van der Waals surface area contributed by atoms with Gasteiger partial charge in [0.25, 0.3) is 0 Å². The molecule has 0 bridgehead atoms. The van der Waals surface area contributed by atoms with Gasteiger partial charge in [0.1, 0.15) is 6.61 Å². The number of ether oxygens (including phenoxy) is 2. The summed E-state index contributed by atoms with van der Waals surface area (Å²) in [6, 6.07) is 7.01. The van der Waals surface area contributed by atoms with Crippen LogP contribution in [0.25, 0.3) is 6.08 Å². The van der Waals surface area contributed by atoms with Gasteiger partial charge < -0.3 is 9.47 Å². The number of carbonyl (C=O) groups is 2. The van der Waals surface area contributed by atoms with Gasteiger partial charge in [-0.3, -0.25) is 0 Å². The zero-order valence-corrected chi connectivity index (χ0v) is 12.0. The number of hydrogen-bond donors (Lipinski definition) is 0. The van der Waals surface area contributed by atoms with Crippen LogP contribution in [0.3, 0.4) is 0 Å². The molecule has 0 radical (unpaired) electrons. The van der Waals surface area contributed by atoms with Crippen molar-refractivity contribution < 1.29 is 19.1 Å². The monoisotopic (exact) mass is 294 g/mol. The van der Waals surface area contributed by atoms with Gasteiger partial charge in [-0.1, -0.05) is 37.6 Å². The second-order valence-electron chi connectivity index (χ2n) is 5.30. The minimum atomic E-state index is -0.857. The average Bonchev–Trinajstić information content (AvgIpc) is 2.65. The molecule has 0 aliphatic carbocycles. The number of esters is 2. The summed E-state index contributed by atoms with van der Waals surface area (Å²) in [6.07, 6.45) is 2.03. The van der Waals surface area contributed by atoms with Crippen LogP contribution in [0.2, 0.25) is 5.02 Å². The van der Waals surface area contributed by atoms with Gasteiger partial charge in [-0.25, -0.2) is 9.59 Å². The molecule has 1 saturated heterocycles. The molecule has 2 rings (SSSR count). The first-order valence-corrected chi connectivity index (χ1v) is 6.57. The van der Waals surface area contributed by atoms with Crippen molar-refractivity contribution in [3.05, 3.63) is 40.9 Å².